The minimum atomic E-state index is -3.82. The molecule has 2 rings (SSSR count). The second-order valence-electron chi connectivity index (χ2n) is 5.85. The van der Waals surface area contributed by atoms with Gasteiger partial charge in [-0.25, -0.2) is 17.9 Å². The first kappa shape index (κ1) is 22.4. The van der Waals surface area contributed by atoms with Crippen molar-refractivity contribution in [1.29, 1.82) is 0 Å². The molecule has 0 aliphatic carbocycles. The molecule has 0 atom stereocenters. The molecular formula is C20H24N2O6S. The summed E-state index contributed by atoms with van der Waals surface area (Å²) in [6.45, 7) is 5.88. The second-order valence-corrected chi connectivity index (χ2v) is 7.58. The van der Waals surface area contributed by atoms with Crippen molar-refractivity contribution in [2.24, 2.45) is 0 Å². The minimum absolute atomic E-state index is 0.105. The average Bonchev–Trinajstić information content (AvgIpc) is 2.69. The maximum atomic E-state index is 12.6. The number of sulfonamides is 1. The molecule has 0 aliphatic rings. The van der Waals surface area contributed by atoms with E-state index < -0.39 is 21.9 Å². The van der Waals surface area contributed by atoms with Crippen molar-refractivity contribution in [2.45, 2.75) is 25.7 Å². The molecule has 2 aromatic rings. The van der Waals surface area contributed by atoms with Gasteiger partial charge in [0.25, 0.3) is 5.91 Å². The van der Waals surface area contributed by atoms with Gasteiger partial charge in [0.05, 0.1) is 18.8 Å². The Kier molecular flexibility index (Phi) is 7.74. The lowest BCUT2D eigenvalue weighted by molar-refractivity contribution is 0.0526. The predicted octanol–water partition coefficient (Wildman–Crippen LogP) is 2.81. The van der Waals surface area contributed by atoms with Gasteiger partial charge in [0.15, 0.2) is 0 Å². The molecule has 29 heavy (non-hydrogen) atoms. The summed E-state index contributed by atoms with van der Waals surface area (Å²) in [7, 11) is -3.82. The van der Waals surface area contributed by atoms with Crippen molar-refractivity contribution < 1.29 is 27.5 Å². The van der Waals surface area contributed by atoms with E-state index >= 15 is 0 Å². The maximum absolute atomic E-state index is 12.6. The van der Waals surface area contributed by atoms with Gasteiger partial charge in [-0.05, 0) is 56.3 Å². The number of benzene rings is 2. The molecule has 0 saturated heterocycles. The van der Waals surface area contributed by atoms with Crippen LogP contribution >= 0.6 is 0 Å². The molecule has 0 saturated carbocycles. The predicted molar refractivity (Wildman–Crippen MR) is 109 cm³/mol. The molecule has 0 unspecified atom stereocenters. The zero-order chi connectivity index (χ0) is 21.4. The minimum Gasteiger partial charge on any atom is -0.492 e. The Hall–Kier alpha value is -2.91. The molecule has 0 fully saturated rings. The third kappa shape index (κ3) is 5.78. The van der Waals surface area contributed by atoms with E-state index in [1.54, 1.807) is 32.9 Å². The van der Waals surface area contributed by atoms with E-state index in [1.807, 2.05) is 0 Å². The zero-order valence-corrected chi connectivity index (χ0v) is 17.3. The van der Waals surface area contributed by atoms with Crippen LogP contribution in [0, 0.1) is 0 Å². The van der Waals surface area contributed by atoms with E-state index in [1.165, 1.54) is 30.3 Å². The molecule has 0 aromatic heterocycles. The highest BCUT2D eigenvalue weighted by atomic mass is 32.2. The summed E-state index contributed by atoms with van der Waals surface area (Å²) in [6, 6.07) is 10.4. The first-order valence-electron chi connectivity index (χ1n) is 9.17. The van der Waals surface area contributed by atoms with Crippen LogP contribution in [0.3, 0.4) is 0 Å². The highest BCUT2D eigenvalue weighted by Gasteiger charge is 2.21. The first-order valence-corrected chi connectivity index (χ1v) is 10.7. The molecule has 0 heterocycles. The van der Waals surface area contributed by atoms with E-state index in [2.05, 4.69) is 10.0 Å². The number of hydrogen-bond donors (Lipinski definition) is 2. The third-order valence-electron chi connectivity index (χ3n) is 3.78. The van der Waals surface area contributed by atoms with Crippen molar-refractivity contribution in [1.82, 2.24) is 4.72 Å². The summed E-state index contributed by atoms with van der Waals surface area (Å²) in [5.74, 6) is -0.774. The number of carbonyl (C=O) groups excluding carboxylic acids is 2. The Morgan fingerprint density at radius 1 is 0.931 bits per heavy atom. The number of amides is 1. The highest BCUT2D eigenvalue weighted by molar-refractivity contribution is 7.89. The fourth-order valence-corrected chi connectivity index (χ4v) is 3.72. The summed E-state index contributed by atoms with van der Waals surface area (Å²) < 4.78 is 37.6. The molecule has 0 spiro atoms. The molecule has 0 radical (unpaired) electrons. The summed E-state index contributed by atoms with van der Waals surface area (Å²) in [5.41, 5.74) is 0.970. The summed E-state index contributed by atoms with van der Waals surface area (Å²) in [4.78, 5) is 24.2. The summed E-state index contributed by atoms with van der Waals surface area (Å²) >= 11 is 0. The Bertz CT molecular complexity index is 971. The van der Waals surface area contributed by atoms with Gasteiger partial charge in [0.1, 0.15) is 10.6 Å². The van der Waals surface area contributed by atoms with Gasteiger partial charge < -0.3 is 14.8 Å². The number of carbonyl (C=O) groups is 2. The van der Waals surface area contributed by atoms with Crippen LogP contribution in [0.25, 0.3) is 0 Å². The number of rotatable bonds is 9. The van der Waals surface area contributed by atoms with Gasteiger partial charge in [-0.1, -0.05) is 6.92 Å². The quantitative estimate of drug-likeness (QED) is 0.604. The third-order valence-corrected chi connectivity index (χ3v) is 5.35. The van der Waals surface area contributed by atoms with Crippen molar-refractivity contribution in [2.75, 3.05) is 25.1 Å². The number of esters is 1. The van der Waals surface area contributed by atoms with Crippen molar-refractivity contribution in [3.63, 3.8) is 0 Å². The standard InChI is InChI=1S/C20H24N2O6S/c1-4-21-29(25,26)18-13-15(9-12-17(18)27-5-2)19(23)22-16-10-7-14(8-11-16)20(24)28-6-3/h7-13,21H,4-6H2,1-3H3,(H,22,23). The summed E-state index contributed by atoms with van der Waals surface area (Å²) in [5, 5.41) is 2.67. The van der Waals surface area contributed by atoms with Crippen molar-refractivity contribution >= 4 is 27.6 Å². The molecule has 9 heteroatoms. The first-order chi connectivity index (χ1) is 13.8. The van der Waals surface area contributed by atoms with Crippen LogP contribution in [-0.2, 0) is 14.8 Å². The Balaban J connectivity index is 2.25. The van der Waals surface area contributed by atoms with Gasteiger partial charge >= 0.3 is 5.97 Å². The molecule has 8 nitrogen and oxygen atoms in total. The summed E-state index contributed by atoms with van der Waals surface area (Å²) in [6.07, 6.45) is 0. The van der Waals surface area contributed by atoms with Gasteiger partial charge in [0, 0.05) is 17.8 Å². The maximum Gasteiger partial charge on any atom is 0.338 e. The molecular weight excluding hydrogens is 396 g/mol. The molecule has 0 bridgehead atoms. The van der Waals surface area contributed by atoms with E-state index in [-0.39, 0.29) is 36.0 Å². The monoisotopic (exact) mass is 420 g/mol. The normalized spacial score (nSPS) is 11.0. The van der Waals surface area contributed by atoms with Crippen LogP contribution in [0.2, 0.25) is 0 Å². The van der Waals surface area contributed by atoms with Crippen molar-refractivity contribution in [3.8, 4) is 5.75 Å². The van der Waals surface area contributed by atoms with E-state index in [9.17, 15) is 18.0 Å². The lowest BCUT2D eigenvalue weighted by atomic mass is 10.1. The van der Waals surface area contributed by atoms with Crippen LogP contribution < -0.4 is 14.8 Å². The number of hydrogen-bond acceptors (Lipinski definition) is 6. The van der Waals surface area contributed by atoms with E-state index in [0.29, 0.717) is 11.3 Å². The largest absolute Gasteiger partial charge is 0.492 e. The Morgan fingerprint density at radius 2 is 1.59 bits per heavy atom. The highest BCUT2D eigenvalue weighted by Crippen LogP contribution is 2.26. The van der Waals surface area contributed by atoms with Gasteiger partial charge in [-0.15, -0.1) is 0 Å². The van der Waals surface area contributed by atoms with E-state index in [0.717, 1.165) is 0 Å². The fourth-order valence-electron chi connectivity index (χ4n) is 2.51. The Morgan fingerprint density at radius 3 is 2.17 bits per heavy atom. The molecule has 2 N–H and O–H groups in total. The molecule has 156 valence electrons. The molecule has 0 aliphatic heterocycles. The van der Waals surface area contributed by atoms with Crippen LogP contribution in [0.5, 0.6) is 5.75 Å². The zero-order valence-electron chi connectivity index (χ0n) is 16.5. The second kappa shape index (κ2) is 10.0. The number of anilines is 1. The number of ether oxygens (including phenoxy) is 2. The molecule has 2 aromatic carbocycles. The lowest BCUT2D eigenvalue weighted by Gasteiger charge is -2.13. The van der Waals surface area contributed by atoms with Gasteiger partial charge in [-0.2, -0.15) is 0 Å². The smallest absolute Gasteiger partial charge is 0.338 e. The number of nitrogens with one attached hydrogen (secondary N) is 2. The topological polar surface area (TPSA) is 111 Å². The molecule has 1 amide bonds. The van der Waals surface area contributed by atoms with Gasteiger partial charge in [-0.3, -0.25) is 4.79 Å². The average molecular weight is 420 g/mol. The lowest BCUT2D eigenvalue weighted by Crippen LogP contribution is -2.24. The van der Waals surface area contributed by atoms with Crippen LogP contribution in [0.15, 0.2) is 47.4 Å². The van der Waals surface area contributed by atoms with E-state index in [4.69, 9.17) is 9.47 Å². The van der Waals surface area contributed by atoms with Crippen LogP contribution in [0.4, 0.5) is 5.69 Å². The SMILES string of the molecule is CCNS(=O)(=O)c1cc(C(=O)Nc2ccc(C(=O)OCC)cc2)ccc1OCC. The Labute approximate surface area is 170 Å². The van der Waals surface area contributed by atoms with Crippen molar-refractivity contribution in [3.05, 3.63) is 53.6 Å². The van der Waals surface area contributed by atoms with Gasteiger partial charge in [0.2, 0.25) is 10.0 Å². The van der Waals surface area contributed by atoms with Crippen LogP contribution in [0.1, 0.15) is 41.5 Å². The van der Waals surface area contributed by atoms with Crippen LogP contribution in [-0.4, -0.2) is 40.1 Å². The fraction of sp³-hybridized carbons (Fsp3) is 0.300.